The smallest absolute Gasteiger partial charge is 0.415 e. The normalized spacial score (nSPS) is 25.8. The maximum absolute atomic E-state index is 12.8. The maximum Gasteiger partial charge on any atom is 0.415 e. The Balaban J connectivity index is 1.22. The van der Waals surface area contributed by atoms with Crippen LogP contribution in [0.2, 0.25) is 0 Å². The zero-order chi connectivity index (χ0) is 24.6. The zero-order valence-electron chi connectivity index (χ0n) is 19.8. The van der Waals surface area contributed by atoms with Crippen LogP contribution in [-0.4, -0.2) is 76.3 Å². The summed E-state index contributed by atoms with van der Waals surface area (Å²) in [6.45, 7) is 1.86. The predicted octanol–water partition coefficient (Wildman–Crippen LogP) is 2.75. The van der Waals surface area contributed by atoms with Gasteiger partial charge in [-0.05, 0) is 48.1 Å². The predicted molar refractivity (Wildman–Crippen MR) is 128 cm³/mol. The van der Waals surface area contributed by atoms with Crippen LogP contribution in [0.15, 0.2) is 48.5 Å². The molecule has 5 rings (SSSR count). The summed E-state index contributed by atoms with van der Waals surface area (Å²) in [5.74, 6) is 2.38. The van der Waals surface area contributed by atoms with Crippen molar-refractivity contribution in [1.29, 1.82) is 0 Å². The molecule has 1 amide bonds. The molecule has 2 heterocycles. The first-order valence-electron chi connectivity index (χ1n) is 11.7. The van der Waals surface area contributed by atoms with Crippen LogP contribution in [0.3, 0.4) is 0 Å². The highest BCUT2D eigenvalue weighted by Gasteiger charge is 2.48. The van der Waals surface area contributed by atoms with Gasteiger partial charge >= 0.3 is 6.09 Å². The third kappa shape index (κ3) is 5.24. The van der Waals surface area contributed by atoms with Gasteiger partial charge in [-0.1, -0.05) is 24.3 Å². The van der Waals surface area contributed by atoms with Crippen molar-refractivity contribution in [3.63, 3.8) is 0 Å². The van der Waals surface area contributed by atoms with E-state index < -0.39 is 22.2 Å². The summed E-state index contributed by atoms with van der Waals surface area (Å²) in [6, 6.07) is 14.0. The number of ether oxygens (including phenoxy) is 4. The van der Waals surface area contributed by atoms with Crippen LogP contribution in [0, 0.1) is 11.8 Å². The van der Waals surface area contributed by atoms with Crippen molar-refractivity contribution in [3.05, 3.63) is 54.1 Å². The molecule has 4 atom stereocenters. The van der Waals surface area contributed by atoms with Gasteiger partial charge in [0.05, 0.1) is 26.0 Å². The second-order valence-corrected chi connectivity index (χ2v) is 11.3. The summed E-state index contributed by atoms with van der Waals surface area (Å²) < 4.78 is 49.8. The number of piperidine rings is 1. The SMILES string of the molecule is COc1ccccc1OC(=O)N1C[C@@H](OC)[C@H](Oc2cccc(CS(=O)(=O)N3CC4CC4C3)c2)C1. The number of amides is 1. The van der Waals surface area contributed by atoms with E-state index in [1.807, 2.05) is 0 Å². The third-order valence-electron chi connectivity index (χ3n) is 6.92. The Labute approximate surface area is 205 Å². The average Bonchev–Trinajstić information content (AvgIpc) is 3.24. The van der Waals surface area contributed by atoms with Crippen LogP contribution < -0.4 is 14.2 Å². The van der Waals surface area contributed by atoms with Crippen molar-refractivity contribution < 1.29 is 32.2 Å². The number of sulfonamides is 1. The van der Waals surface area contributed by atoms with Crippen molar-refractivity contribution in [3.8, 4) is 17.2 Å². The van der Waals surface area contributed by atoms with Crippen LogP contribution in [0.4, 0.5) is 4.79 Å². The van der Waals surface area contributed by atoms with Gasteiger partial charge in [0, 0.05) is 20.2 Å². The van der Waals surface area contributed by atoms with Crippen LogP contribution in [0.25, 0.3) is 0 Å². The summed E-state index contributed by atoms with van der Waals surface area (Å²) in [4.78, 5) is 14.3. The Bertz CT molecular complexity index is 1180. The summed E-state index contributed by atoms with van der Waals surface area (Å²) in [5, 5.41) is 0. The zero-order valence-corrected chi connectivity index (χ0v) is 20.6. The fourth-order valence-corrected chi connectivity index (χ4v) is 6.48. The second kappa shape index (κ2) is 9.67. The number of hydrogen-bond donors (Lipinski definition) is 0. The molecule has 188 valence electrons. The number of fused-ring (bicyclic) bond motifs is 1. The number of carbonyl (C=O) groups is 1. The number of para-hydroxylation sites is 2. The lowest BCUT2D eigenvalue weighted by Crippen LogP contribution is -2.33. The molecule has 35 heavy (non-hydrogen) atoms. The molecule has 0 radical (unpaired) electrons. The van der Waals surface area contributed by atoms with Crippen molar-refractivity contribution >= 4 is 16.1 Å². The van der Waals surface area contributed by atoms with Crippen LogP contribution >= 0.6 is 0 Å². The number of methoxy groups -OCH3 is 2. The molecule has 1 saturated carbocycles. The quantitative estimate of drug-likeness (QED) is 0.548. The minimum absolute atomic E-state index is 0.0562. The number of hydrogen-bond acceptors (Lipinski definition) is 7. The van der Waals surface area contributed by atoms with Crippen molar-refractivity contribution in [2.45, 2.75) is 24.4 Å². The van der Waals surface area contributed by atoms with E-state index in [-0.39, 0.29) is 18.4 Å². The lowest BCUT2D eigenvalue weighted by atomic mass is 10.2. The summed E-state index contributed by atoms with van der Waals surface area (Å²) in [7, 11) is -0.274. The number of nitrogens with zero attached hydrogens (tertiary/aromatic N) is 2. The summed E-state index contributed by atoms with van der Waals surface area (Å²) >= 11 is 0. The van der Waals surface area contributed by atoms with Crippen molar-refractivity contribution in [2.24, 2.45) is 11.8 Å². The Morgan fingerprint density at radius 2 is 1.66 bits per heavy atom. The van der Waals surface area contributed by atoms with E-state index in [0.29, 0.717) is 54.3 Å². The van der Waals surface area contributed by atoms with E-state index >= 15 is 0 Å². The van der Waals surface area contributed by atoms with E-state index in [2.05, 4.69) is 0 Å². The number of rotatable bonds is 8. The standard InChI is InChI=1S/C25H30N2O7S/c1-31-21-8-3-4-9-22(21)34-25(28)26-14-23(32-2)24(15-26)33-20-7-5-6-17(10-20)16-35(29,30)27-12-18-11-19(18)13-27/h3-10,18-19,23-24H,11-16H2,1-2H3/t18?,19?,23-,24-/m1/s1. The molecule has 0 aromatic heterocycles. The Hall–Kier alpha value is -2.82. The fraction of sp³-hybridized carbons (Fsp3) is 0.480. The molecule has 0 N–H and O–H groups in total. The minimum atomic E-state index is -3.36. The summed E-state index contributed by atoms with van der Waals surface area (Å²) in [5.41, 5.74) is 0.669. The summed E-state index contributed by atoms with van der Waals surface area (Å²) in [6.07, 6.45) is -0.154. The molecule has 3 aliphatic rings. The molecule has 2 aromatic rings. The molecule has 9 nitrogen and oxygen atoms in total. The number of likely N-dealkylation sites (tertiary alicyclic amines) is 1. The van der Waals surface area contributed by atoms with E-state index in [0.717, 1.165) is 6.42 Å². The molecular formula is C25H30N2O7S. The molecule has 2 saturated heterocycles. The first kappa shape index (κ1) is 23.9. The highest BCUT2D eigenvalue weighted by molar-refractivity contribution is 7.88. The maximum atomic E-state index is 12.8. The van der Waals surface area contributed by atoms with Gasteiger partial charge in [0.1, 0.15) is 18.0 Å². The van der Waals surface area contributed by atoms with Crippen LogP contribution in [0.5, 0.6) is 17.2 Å². The molecule has 3 fully saturated rings. The van der Waals surface area contributed by atoms with Crippen LogP contribution in [-0.2, 0) is 20.5 Å². The highest BCUT2D eigenvalue weighted by Crippen LogP contribution is 2.46. The average molecular weight is 503 g/mol. The first-order valence-corrected chi connectivity index (χ1v) is 13.3. The van der Waals surface area contributed by atoms with Gasteiger partial charge in [-0.2, -0.15) is 0 Å². The molecule has 0 bridgehead atoms. The topological polar surface area (TPSA) is 94.6 Å². The molecule has 2 aliphatic heterocycles. The molecule has 10 heteroatoms. The van der Waals surface area contributed by atoms with Gasteiger partial charge in [0.15, 0.2) is 11.5 Å². The lowest BCUT2D eigenvalue weighted by molar-refractivity contribution is 0.0341. The van der Waals surface area contributed by atoms with Crippen molar-refractivity contribution in [1.82, 2.24) is 9.21 Å². The molecule has 1 aliphatic carbocycles. The molecular weight excluding hydrogens is 472 g/mol. The molecule has 2 aromatic carbocycles. The van der Waals surface area contributed by atoms with E-state index in [4.69, 9.17) is 18.9 Å². The van der Waals surface area contributed by atoms with Gasteiger partial charge < -0.3 is 23.8 Å². The molecule has 2 unspecified atom stereocenters. The van der Waals surface area contributed by atoms with E-state index in [1.165, 1.54) is 12.0 Å². The van der Waals surface area contributed by atoms with Gasteiger partial charge in [0.25, 0.3) is 0 Å². The lowest BCUT2D eigenvalue weighted by Gasteiger charge is -2.20. The Morgan fingerprint density at radius 1 is 0.943 bits per heavy atom. The minimum Gasteiger partial charge on any atom is -0.493 e. The molecule has 0 spiro atoms. The second-order valence-electron chi connectivity index (χ2n) is 9.33. The van der Waals surface area contributed by atoms with Gasteiger partial charge in [-0.25, -0.2) is 17.5 Å². The number of carbonyl (C=O) groups excluding carboxylic acids is 1. The monoisotopic (exact) mass is 502 g/mol. The Kier molecular flexibility index (Phi) is 6.61. The largest absolute Gasteiger partial charge is 0.493 e. The van der Waals surface area contributed by atoms with Gasteiger partial charge in [0.2, 0.25) is 10.0 Å². The third-order valence-corrected chi connectivity index (χ3v) is 8.70. The van der Waals surface area contributed by atoms with Gasteiger partial charge in [-0.3, -0.25) is 0 Å². The van der Waals surface area contributed by atoms with Crippen LogP contribution in [0.1, 0.15) is 12.0 Å². The fourth-order valence-electron chi connectivity index (χ4n) is 4.86. The van der Waals surface area contributed by atoms with Crippen molar-refractivity contribution in [2.75, 3.05) is 40.4 Å². The highest BCUT2D eigenvalue weighted by atomic mass is 32.2. The Morgan fingerprint density at radius 3 is 2.37 bits per heavy atom. The van der Waals surface area contributed by atoms with E-state index in [1.54, 1.807) is 59.9 Å². The number of benzene rings is 2. The van der Waals surface area contributed by atoms with Gasteiger partial charge in [-0.15, -0.1) is 0 Å². The first-order chi connectivity index (χ1) is 16.9. The van der Waals surface area contributed by atoms with E-state index in [9.17, 15) is 13.2 Å².